The van der Waals surface area contributed by atoms with Crippen molar-refractivity contribution in [2.24, 2.45) is 5.41 Å². The van der Waals surface area contributed by atoms with Crippen LogP contribution in [0.5, 0.6) is 11.5 Å². The number of hydrogen-bond donors (Lipinski definition) is 1. The summed E-state index contributed by atoms with van der Waals surface area (Å²) in [7, 11) is 3.15. The highest BCUT2D eigenvalue weighted by Crippen LogP contribution is 2.36. The van der Waals surface area contributed by atoms with Crippen LogP contribution in [0.4, 0.5) is 5.69 Å². The van der Waals surface area contributed by atoms with E-state index in [1.165, 1.54) is 0 Å². The first-order valence-electron chi connectivity index (χ1n) is 6.64. The number of aromatic nitrogens is 4. The summed E-state index contributed by atoms with van der Waals surface area (Å²) in [5.74, 6) is 1.77. The zero-order valence-electron chi connectivity index (χ0n) is 13.0. The lowest BCUT2D eigenvalue weighted by Gasteiger charge is -2.19. The van der Waals surface area contributed by atoms with Crippen molar-refractivity contribution in [2.75, 3.05) is 20.0 Å². The lowest BCUT2D eigenvalue weighted by molar-refractivity contribution is 0.323. The lowest BCUT2D eigenvalue weighted by Crippen LogP contribution is -2.17. The van der Waals surface area contributed by atoms with Crippen LogP contribution in [0.3, 0.4) is 0 Å². The van der Waals surface area contributed by atoms with Crippen molar-refractivity contribution in [2.45, 2.75) is 27.3 Å². The standard InChI is InChI=1S/C14H21N5O2/c1-14(2,3)8-19-13(16-17-18-19)10-6-9(20-4)7-11(21-5)12(10)15/h6-7H,8,15H2,1-5H3. The van der Waals surface area contributed by atoms with Gasteiger partial charge in [0.05, 0.1) is 25.5 Å². The van der Waals surface area contributed by atoms with Gasteiger partial charge in [-0.05, 0) is 21.9 Å². The summed E-state index contributed by atoms with van der Waals surface area (Å²) < 4.78 is 12.3. The number of nitrogens with zero attached hydrogens (tertiary/aromatic N) is 4. The summed E-state index contributed by atoms with van der Waals surface area (Å²) in [6.45, 7) is 7.03. The average molecular weight is 291 g/mol. The Kier molecular flexibility index (Phi) is 4.02. The molecule has 0 radical (unpaired) electrons. The van der Waals surface area contributed by atoms with E-state index in [1.807, 2.05) is 6.07 Å². The van der Waals surface area contributed by atoms with Crippen LogP contribution in [0.2, 0.25) is 0 Å². The van der Waals surface area contributed by atoms with Crippen molar-refractivity contribution >= 4 is 5.69 Å². The highest BCUT2D eigenvalue weighted by atomic mass is 16.5. The van der Waals surface area contributed by atoms with E-state index in [4.69, 9.17) is 15.2 Å². The zero-order valence-corrected chi connectivity index (χ0v) is 13.0. The number of tetrazole rings is 1. The third-order valence-corrected chi connectivity index (χ3v) is 2.97. The van der Waals surface area contributed by atoms with E-state index in [2.05, 4.69) is 36.3 Å². The highest BCUT2D eigenvalue weighted by Gasteiger charge is 2.20. The maximum atomic E-state index is 6.15. The molecule has 0 aliphatic carbocycles. The summed E-state index contributed by atoms with van der Waals surface area (Å²) in [5, 5.41) is 11.9. The second-order valence-corrected chi connectivity index (χ2v) is 6.01. The quantitative estimate of drug-likeness (QED) is 0.867. The van der Waals surface area contributed by atoms with Gasteiger partial charge in [0.25, 0.3) is 0 Å². The molecule has 21 heavy (non-hydrogen) atoms. The minimum atomic E-state index is 0.0435. The maximum Gasteiger partial charge on any atom is 0.184 e. The summed E-state index contributed by atoms with van der Waals surface area (Å²) in [5.41, 5.74) is 7.38. The Balaban J connectivity index is 2.54. The molecule has 0 bridgehead atoms. The molecule has 114 valence electrons. The van der Waals surface area contributed by atoms with Crippen LogP contribution in [-0.4, -0.2) is 34.4 Å². The second-order valence-electron chi connectivity index (χ2n) is 6.01. The number of nitrogens with two attached hydrogens (primary N) is 1. The van der Waals surface area contributed by atoms with Crippen molar-refractivity contribution in [1.29, 1.82) is 0 Å². The topological polar surface area (TPSA) is 88.1 Å². The molecular weight excluding hydrogens is 270 g/mol. The summed E-state index contributed by atoms with van der Waals surface area (Å²) in [4.78, 5) is 0. The molecule has 1 heterocycles. The molecule has 1 aromatic heterocycles. The van der Waals surface area contributed by atoms with Gasteiger partial charge in [-0.1, -0.05) is 20.8 Å². The molecule has 0 saturated carbocycles. The minimum Gasteiger partial charge on any atom is -0.497 e. The molecule has 2 N–H and O–H groups in total. The number of ether oxygens (including phenoxy) is 2. The lowest BCUT2D eigenvalue weighted by atomic mass is 9.97. The Morgan fingerprint density at radius 3 is 2.48 bits per heavy atom. The van der Waals surface area contributed by atoms with Crippen LogP contribution in [0.25, 0.3) is 11.4 Å². The molecule has 0 aliphatic heterocycles. The fourth-order valence-corrected chi connectivity index (χ4v) is 2.03. The highest BCUT2D eigenvalue weighted by molar-refractivity contribution is 5.78. The molecule has 0 unspecified atom stereocenters. The van der Waals surface area contributed by atoms with Crippen molar-refractivity contribution < 1.29 is 9.47 Å². The average Bonchev–Trinajstić information content (AvgIpc) is 2.84. The van der Waals surface area contributed by atoms with Gasteiger partial charge >= 0.3 is 0 Å². The van der Waals surface area contributed by atoms with E-state index in [0.29, 0.717) is 35.1 Å². The third-order valence-electron chi connectivity index (χ3n) is 2.97. The van der Waals surface area contributed by atoms with Crippen molar-refractivity contribution in [3.8, 4) is 22.9 Å². The van der Waals surface area contributed by atoms with Gasteiger partial charge in [-0.25, -0.2) is 4.68 Å². The Bertz CT molecular complexity index is 631. The third kappa shape index (κ3) is 3.24. The zero-order chi connectivity index (χ0) is 15.6. The van der Waals surface area contributed by atoms with E-state index in [1.54, 1.807) is 25.0 Å². The molecule has 0 amide bonds. The van der Waals surface area contributed by atoms with Crippen LogP contribution in [0.15, 0.2) is 12.1 Å². The molecule has 7 nitrogen and oxygen atoms in total. The Morgan fingerprint density at radius 1 is 1.19 bits per heavy atom. The van der Waals surface area contributed by atoms with Gasteiger partial charge in [0, 0.05) is 12.6 Å². The van der Waals surface area contributed by atoms with E-state index < -0.39 is 0 Å². The van der Waals surface area contributed by atoms with Crippen LogP contribution in [0, 0.1) is 5.41 Å². The summed E-state index contributed by atoms with van der Waals surface area (Å²) in [6.07, 6.45) is 0. The van der Waals surface area contributed by atoms with Crippen molar-refractivity contribution in [3.05, 3.63) is 12.1 Å². The van der Waals surface area contributed by atoms with E-state index in [0.717, 1.165) is 0 Å². The molecule has 2 rings (SSSR count). The fourth-order valence-electron chi connectivity index (χ4n) is 2.03. The Hall–Kier alpha value is -2.31. The predicted molar refractivity (Wildman–Crippen MR) is 80.2 cm³/mol. The number of nitrogen functional groups attached to an aromatic ring is 1. The van der Waals surface area contributed by atoms with Crippen LogP contribution in [-0.2, 0) is 6.54 Å². The van der Waals surface area contributed by atoms with Crippen molar-refractivity contribution in [1.82, 2.24) is 20.2 Å². The second kappa shape index (κ2) is 5.59. The van der Waals surface area contributed by atoms with E-state index >= 15 is 0 Å². The van der Waals surface area contributed by atoms with Crippen LogP contribution in [0.1, 0.15) is 20.8 Å². The normalized spacial score (nSPS) is 11.5. The van der Waals surface area contributed by atoms with Gasteiger partial charge in [0.2, 0.25) is 0 Å². The molecule has 2 aromatic rings. The van der Waals surface area contributed by atoms with Crippen LogP contribution < -0.4 is 15.2 Å². The number of methoxy groups -OCH3 is 2. The van der Waals surface area contributed by atoms with Gasteiger partial charge in [0.1, 0.15) is 11.5 Å². The first kappa shape index (κ1) is 15.1. The maximum absolute atomic E-state index is 6.15. The SMILES string of the molecule is COc1cc(OC)c(N)c(-c2nnnn2CC(C)(C)C)c1. The molecular formula is C14H21N5O2. The first-order chi connectivity index (χ1) is 9.85. The van der Waals surface area contributed by atoms with E-state index in [9.17, 15) is 0 Å². The summed E-state index contributed by atoms with van der Waals surface area (Å²) in [6, 6.07) is 3.54. The molecule has 0 aliphatic rings. The van der Waals surface area contributed by atoms with Crippen LogP contribution >= 0.6 is 0 Å². The Labute approximate surface area is 124 Å². The number of benzene rings is 1. The predicted octanol–water partition coefficient (Wildman–Crippen LogP) is 1.99. The van der Waals surface area contributed by atoms with Crippen molar-refractivity contribution in [3.63, 3.8) is 0 Å². The smallest absolute Gasteiger partial charge is 0.184 e. The summed E-state index contributed by atoms with van der Waals surface area (Å²) >= 11 is 0. The molecule has 0 spiro atoms. The Morgan fingerprint density at radius 2 is 1.90 bits per heavy atom. The number of hydrogen-bond acceptors (Lipinski definition) is 6. The molecule has 0 saturated heterocycles. The minimum absolute atomic E-state index is 0.0435. The van der Waals surface area contributed by atoms with E-state index in [-0.39, 0.29) is 5.41 Å². The fraction of sp³-hybridized carbons (Fsp3) is 0.500. The number of anilines is 1. The monoisotopic (exact) mass is 291 g/mol. The van der Waals surface area contributed by atoms with Gasteiger partial charge in [-0.15, -0.1) is 5.10 Å². The van der Waals surface area contributed by atoms with Gasteiger partial charge < -0.3 is 15.2 Å². The molecule has 7 heteroatoms. The number of rotatable bonds is 4. The van der Waals surface area contributed by atoms with Gasteiger partial charge in [-0.2, -0.15) is 0 Å². The molecule has 0 atom stereocenters. The molecule has 0 fully saturated rings. The first-order valence-corrected chi connectivity index (χ1v) is 6.64. The molecule has 1 aromatic carbocycles. The largest absolute Gasteiger partial charge is 0.497 e. The van der Waals surface area contributed by atoms with Gasteiger partial charge in [0.15, 0.2) is 5.82 Å². The van der Waals surface area contributed by atoms with Gasteiger partial charge in [-0.3, -0.25) is 0 Å².